The predicted octanol–water partition coefficient (Wildman–Crippen LogP) is 3.12. The molecule has 2 atom stereocenters. The Hall–Kier alpha value is -2.24. The first-order valence-corrected chi connectivity index (χ1v) is 10.2. The molecule has 28 heavy (non-hydrogen) atoms. The number of benzene rings is 1. The van der Waals surface area contributed by atoms with Crippen LogP contribution in [0.15, 0.2) is 48.8 Å². The lowest BCUT2D eigenvalue weighted by molar-refractivity contribution is -0.127. The van der Waals surface area contributed by atoms with E-state index >= 15 is 0 Å². The maximum absolute atomic E-state index is 12.6. The quantitative estimate of drug-likeness (QED) is 0.838. The van der Waals surface area contributed by atoms with Crippen LogP contribution in [0.25, 0.3) is 0 Å². The summed E-state index contributed by atoms with van der Waals surface area (Å²) in [6, 6.07) is 12.4. The zero-order valence-electron chi connectivity index (χ0n) is 16.7. The van der Waals surface area contributed by atoms with E-state index in [1.54, 1.807) is 6.20 Å². The maximum atomic E-state index is 12.6. The third kappa shape index (κ3) is 3.45. The highest BCUT2D eigenvalue weighted by molar-refractivity contribution is 5.78. The lowest BCUT2D eigenvalue weighted by Gasteiger charge is -2.41. The summed E-state index contributed by atoms with van der Waals surface area (Å²) >= 11 is 0. The van der Waals surface area contributed by atoms with Gasteiger partial charge in [-0.1, -0.05) is 44.2 Å². The van der Waals surface area contributed by atoms with Gasteiger partial charge in [0.2, 0.25) is 5.91 Å². The zero-order valence-corrected chi connectivity index (χ0v) is 16.7. The Morgan fingerprint density at radius 3 is 2.75 bits per heavy atom. The fourth-order valence-corrected chi connectivity index (χ4v) is 4.68. The standard InChI is InChI=1S/C23H29N3O2/c1-16(2)22(27)26-20-18-7-3-4-8-19(18)23(9-12-24-13-10-23)21(20)28-15-17-6-5-11-25-14-17/h3-8,11,14,16,20-21,24H,9-10,12-13,15H2,1-2H3,(H,26,27)/t20-,21+/m0/s1. The van der Waals surface area contributed by atoms with Gasteiger partial charge in [-0.25, -0.2) is 0 Å². The summed E-state index contributed by atoms with van der Waals surface area (Å²) in [4.78, 5) is 16.8. The SMILES string of the molecule is CC(C)C(=O)N[C@H]1c2ccccc2C2(CCNCC2)[C@@H]1OCc1cccnc1. The molecule has 2 aromatic rings. The molecule has 5 heteroatoms. The van der Waals surface area contributed by atoms with Gasteiger partial charge in [0.25, 0.3) is 0 Å². The van der Waals surface area contributed by atoms with Gasteiger partial charge >= 0.3 is 0 Å². The second kappa shape index (κ2) is 8.02. The number of piperidine rings is 1. The van der Waals surface area contributed by atoms with Crippen LogP contribution in [-0.2, 0) is 21.6 Å². The molecule has 148 valence electrons. The van der Waals surface area contributed by atoms with E-state index in [0.717, 1.165) is 31.5 Å². The van der Waals surface area contributed by atoms with Gasteiger partial charge in [-0.3, -0.25) is 9.78 Å². The summed E-state index contributed by atoms with van der Waals surface area (Å²) in [5.74, 6) is 0.0106. The van der Waals surface area contributed by atoms with Gasteiger partial charge in [0.15, 0.2) is 0 Å². The topological polar surface area (TPSA) is 63.2 Å². The van der Waals surface area contributed by atoms with Crippen molar-refractivity contribution in [3.8, 4) is 0 Å². The van der Waals surface area contributed by atoms with Gasteiger partial charge in [-0.15, -0.1) is 0 Å². The number of nitrogens with one attached hydrogen (secondary N) is 2. The number of carbonyl (C=O) groups excluding carboxylic acids is 1. The number of rotatable bonds is 5. The van der Waals surface area contributed by atoms with Crippen LogP contribution in [0.4, 0.5) is 0 Å². The highest BCUT2D eigenvalue weighted by Gasteiger charge is 2.53. The summed E-state index contributed by atoms with van der Waals surface area (Å²) in [6.45, 7) is 6.29. The number of aromatic nitrogens is 1. The summed E-state index contributed by atoms with van der Waals surface area (Å²) in [6.07, 6.45) is 5.55. The monoisotopic (exact) mass is 379 g/mol. The van der Waals surface area contributed by atoms with Crippen molar-refractivity contribution in [2.45, 2.75) is 50.9 Å². The summed E-state index contributed by atoms with van der Waals surface area (Å²) in [7, 11) is 0. The van der Waals surface area contributed by atoms with Crippen molar-refractivity contribution >= 4 is 5.91 Å². The molecule has 1 aromatic heterocycles. The molecule has 1 amide bonds. The maximum Gasteiger partial charge on any atom is 0.223 e. The minimum absolute atomic E-state index is 0.0595. The highest BCUT2D eigenvalue weighted by atomic mass is 16.5. The summed E-state index contributed by atoms with van der Waals surface area (Å²) < 4.78 is 6.58. The van der Waals surface area contributed by atoms with Crippen molar-refractivity contribution in [3.05, 3.63) is 65.5 Å². The number of hydrogen-bond acceptors (Lipinski definition) is 4. The van der Waals surface area contributed by atoms with Crippen molar-refractivity contribution < 1.29 is 9.53 Å². The number of hydrogen-bond donors (Lipinski definition) is 2. The zero-order chi connectivity index (χ0) is 19.6. The number of fused-ring (bicyclic) bond motifs is 2. The smallest absolute Gasteiger partial charge is 0.223 e. The molecule has 1 aliphatic heterocycles. The molecule has 1 saturated heterocycles. The molecule has 0 saturated carbocycles. The number of carbonyl (C=O) groups is 1. The second-order valence-corrected chi connectivity index (χ2v) is 8.23. The Morgan fingerprint density at radius 2 is 2.04 bits per heavy atom. The molecule has 2 N–H and O–H groups in total. The Kier molecular flexibility index (Phi) is 5.47. The molecule has 1 aromatic carbocycles. The third-order valence-electron chi connectivity index (χ3n) is 6.15. The summed E-state index contributed by atoms with van der Waals surface area (Å²) in [5.41, 5.74) is 3.52. The van der Waals surface area contributed by atoms with E-state index in [4.69, 9.17) is 4.74 Å². The molecule has 2 heterocycles. The van der Waals surface area contributed by atoms with Gasteiger partial charge < -0.3 is 15.4 Å². The van der Waals surface area contributed by atoms with Gasteiger partial charge in [-0.05, 0) is 48.7 Å². The van der Waals surface area contributed by atoms with Crippen LogP contribution >= 0.6 is 0 Å². The molecule has 2 aliphatic rings. The Labute approximate surface area is 166 Å². The molecule has 1 spiro atoms. The van der Waals surface area contributed by atoms with Crippen LogP contribution < -0.4 is 10.6 Å². The van der Waals surface area contributed by atoms with Crippen LogP contribution in [0.2, 0.25) is 0 Å². The van der Waals surface area contributed by atoms with Gasteiger partial charge in [0, 0.05) is 23.7 Å². The average Bonchev–Trinajstić information content (AvgIpc) is 2.97. The van der Waals surface area contributed by atoms with Gasteiger partial charge in [-0.2, -0.15) is 0 Å². The first kappa shape index (κ1) is 19.1. The number of amides is 1. The first-order chi connectivity index (χ1) is 13.6. The highest BCUT2D eigenvalue weighted by Crippen LogP contribution is 2.51. The molecule has 0 radical (unpaired) electrons. The molecule has 0 unspecified atom stereocenters. The Bertz CT molecular complexity index is 816. The van der Waals surface area contributed by atoms with E-state index in [2.05, 4.69) is 39.9 Å². The lowest BCUT2D eigenvalue weighted by atomic mass is 9.72. The van der Waals surface area contributed by atoms with E-state index in [-0.39, 0.29) is 29.4 Å². The third-order valence-corrected chi connectivity index (χ3v) is 6.15. The van der Waals surface area contributed by atoms with E-state index in [0.29, 0.717) is 6.61 Å². The van der Waals surface area contributed by atoms with Crippen LogP contribution in [0.3, 0.4) is 0 Å². The number of pyridine rings is 1. The van der Waals surface area contributed by atoms with Gasteiger partial charge in [0.1, 0.15) is 0 Å². The normalized spacial score (nSPS) is 23.0. The fourth-order valence-electron chi connectivity index (χ4n) is 4.68. The number of ether oxygens (including phenoxy) is 1. The van der Waals surface area contributed by atoms with Crippen LogP contribution in [0.5, 0.6) is 0 Å². The molecule has 0 bridgehead atoms. The minimum atomic E-state index is -0.124. The van der Waals surface area contributed by atoms with Crippen molar-refractivity contribution in [1.82, 2.24) is 15.6 Å². The predicted molar refractivity (Wildman–Crippen MR) is 109 cm³/mol. The van der Waals surface area contributed by atoms with E-state index in [9.17, 15) is 4.79 Å². The van der Waals surface area contributed by atoms with Crippen molar-refractivity contribution in [1.29, 1.82) is 0 Å². The van der Waals surface area contributed by atoms with Crippen molar-refractivity contribution in [3.63, 3.8) is 0 Å². The first-order valence-electron chi connectivity index (χ1n) is 10.2. The Balaban J connectivity index is 1.69. The Morgan fingerprint density at radius 1 is 1.25 bits per heavy atom. The molecular formula is C23H29N3O2. The van der Waals surface area contributed by atoms with E-state index in [1.807, 2.05) is 32.2 Å². The van der Waals surface area contributed by atoms with Crippen molar-refractivity contribution in [2.24, 2.45) is 5.92 Å². The molecule has 1 aliphatic carbocycles. The molecule has 1 fully saturated rings. The molecule has 5 nitrogen and oxygen atoms in total. The fraction of sp³-hybridized carbons (Fsp3) is 0.478. The lowest BCUT2D eigenvalue weighted by Crippen LogP contribution is -2.50. The van der Waals surface area contributed by atoms with Crippen molar-refractivity contribution in [2.75, 3.05) is 13.1 Å². The number of nitrogens with zero attached hydrogens (tertiary/aromatic N) is 1. The van der Waals surface area contributed by atoms with Crippen LogP contribution in [0, 0.1) is 5.92 Å². The molecular weight excluding hydrogens is 350 g/mol. The van der Waals surface area contributed by atoms with E-state index in [1.165, 1.54) is 11.1 Å². The van der Waals surface area contributed by atoms with Crippen LogP contribution in [-0.4, -0.2) is 30.1 Å². The summed E-state index contributed by atoms with van der Waals surface area (Å²) in [5, 5.41) is 6.77. The largest absolute Gasteiger partial charge is 0.370 e. The van der Waals surface area contributed by atoms with Gasteiger partial charge in [0.05, 0.1) is 18.8 Å². The minimum Gasteiger partial charge on any atom is -0.370 e. The van der Waals surface area contributed by atoms with Crippen LogP contribution in [0.1, 0.15) is 49.4 Å². The van der Waals surface area contributed by atoms with E-state index < -0.39 is 0 Å². The molecule has 4 rings (SSSR count). The average molecular weight is 380 g/mol. The second-order valence-electron chi connectivity index (χ2n) is 8.23.